The van der Waals surface area contributed by atoms with E-state index in [2.05, 4.69) is 10.1 Å². The van der Waals surface area contributed by atoms with Crippen molar-refractivity contribution in [2.75, 3.05) is 12.3 Å². The minimum atomic E-state index is -4.76. The number of benzene rings is 2. The highest BCUT2D eigenvalue weighted by Gasteiger charge is 2.31. The van der Waals surface area contributed by atoms with Gasteiger partial charge in [-0.3, -0.25) is 4.79 Å². The standard InChI is InChI=1S/C18H18F3NO3S/c1-12-2-8-15(9-3-12)26-11-17(24)22-10-16(23)13-4-6-14(7-5-13)25-18(19,20)21/h2-9,16,23H,10-11H2,1H3,(H,22,24). The van der Waals surface area contributed by atoms with Gasteiger partial charge in [0, 0.05) is 11.4 Å². The number of amides is 1. The summed E-state index contributed by atoms with van der Waals surface area (Å²) >= 11 is 1.38. The summed E-state index contributed by atoms with van der Waals surface area (Å²) < 4.78 is 40.1. The summed E-state index contributed by atoms with van der Waals surface area (Å²) in [7, 11) is 0. The first-order chi connectivity index (χ1) is 12.2. The molecular weight excluding hydrogens is 367 g/mol. The Balaban J connectivity index is 1.77. The van der Waals surface area contributed by atoms with Crippen LogP contribution in [0, 0.1) is 6.92 Å². The Morgan fingerprint density at radius 3 is 2.35 bits per heavy atom. The van der Waals surface area contributed by atoms with Gasteiger partial charge in [0.2, 0.25) is 5.91 Å². The number of halogens is 3. The molecule has 140 valence electrons. The Morgan fingerprint density at radius 1 is 1.15 bits per heavy atom. The zero-order valence-electron chi connectivity index (χ0n) is 13.9. The van der Waals surface area contributed by atoms with Crippen molar-refractivity contribution in [1.29, 1.82) is 0 Å². The van der Waals surface area contributed by atoms with Gasteiger partial charge in [0.05, 0.1) is 11.9 Å². The molecule has 0 heterocycles. The van der Waals surface area contributed by atoms with Gasteiger partial charge in [-0.1, -0.05) is 29.8 Å². The van der Waals surface area contributed by atoms with E-state index in [-0.39, 0.29) is 24.0 Å². The average Bonchev–Trinajstić information content (AvgIpc) is 2.58. The van der Waals surface area contributed by atoms with Crippen LogP contribution in [0.3, 0.4) is 0 Å². The number of nitrogens with one attached hydrogen (secondary N) is 1. The number of ether oxygens (including phenoxy) is 1. The van der Waals surface area contributed by atoms with E-state index in [1.165, 1.54) is 23.9 Å². The second kappa shape index (κ2) is 8.95. The van der Waals surface area contributed by atoms with Gasteiger partial charge >= 0.3 is 6.36 Å². The molecule has 0 saturated heterocycles. The molecular formula is C18H18F3NO3S. The summed E-state index contributed by atoms with van der Waals surface area (Å²) in [6, 6.07) is 12.6. The Kier molecular flexibility index (Phi) is 6.93. The van der Waals surface area contributed by atoms with Gasteiger partial charge in [-0.15, -0.1) is 24.9 Å². The highest BCUT2D eigenvalue weighted by molar-refractivity contribution is 8.00. The van der Waals surface area contributed by atoms with Gasteiger partial charge < -0.3 is 15.2 Å². The number of carbonyl (C=O) groups excluding carboxylic acids is 1. The van der Waals surface area contributed by atoms with Gasteiger partial charge in [0.1, 0.15) is 5.75 Å². The third-order valence-electron chi connectivity index (χ3n) is 3.38. The molecule has 1 unspecified atom stereocenters. The number of hydrogen-bond acceptors (Lipinski definition) is 4. The number of aliphatic hydroxyl groups is 1. The van der Waals surface area contributed by atoms with Crippen molar-refractivity contribution >= 4 is 17.7 Å². The normalized spacial score (nSPS) is 12.5. The first-order valence-corrected chi connectivity index (χ1v) is 8.71. The maximum Gasteiger partial charge on any atom is 0.573 e. The van der Waals surface area contributed by atoms with Crippen molar-refractivity contribution in [3.8, 4) is 5.75 Å². The largest absolute Gasteiger partial charge is 0.573 e. The molecule has 0 saturated carbocycles. The number of hydrogen-bond donors (Lipinski definition) is 2. The van der Waals surface area contributed by atoms with Crippen LogP contribution in [-0.4, -0.2) is 29.7 Å². The molecule has 26 heavy (non-hydrogen) atoms. The van der Waals surface area contributed by atoms with Crippen LogP contribution in [0.4, 0.5) is 13.2 Å². The first kappa shape index (κ1) is 20.1. The number of aliphatic hydroxyl groups excluding tert-OH is 1. The van der Waals surface area contributed by atoms with Crippen LogP contribution in [0.2, 0.25) is 0 Å². The summed E-state index contributed by atoms with van der Waals surface area (Å²) in [5.74, 6) is -0.410. The number of aryl methyl sites for hydroxylation is 1. The zero-order chi connectivity index (χ0) is 19.2. The van der Waals surface area contributed by atoms with Gasteiger partial charge in [-0.2, -0.15) is 0 Å². The average molecular weight is 385 g/mol. The molecule has 1 atom stereocenters. The lowest BCUT2D eigenvalue weighted by Gasteiger charge is -2.14. The fraction of sp³-hybridized carbons (Fsp3) is 0.278. The van der Waals surface area contributed by atoms with Gasteiger partial charge in [-0.25, -0.2) is 0 Å². The van der Waals surface area contributed by atoms with Crippen LogP contribution >= 0.6 is 11.8 Å². The zero-order valence-corrected chi connectivity index (χ0v) is 14.7. The van der Waals surface area contributed by atoms with Gasteiger partial charge in [0.15, 0.2) is 0 Å². The van der Waals surface area contributed by atoms with E-state index in [0.29, 0.717) is 5.56 Å². The molecule has 2 aromatic carbocycles. The van der Waals surface area contributed by atoms with Crippen molar-refractivity contribution in [3.63, 3.8) is 0 Å². The van der Waals surface area contributed by atoms with E-state index in [0.717, 1.165) is 22.6 Å². The molecule has 0 aromatic heterocycles. The van der Waals surface area contributed by atoms with Crippen molar-refractivity contribution in [3.05, 3.63) is 59.7 Å². The quantitative estimate of drug-likeness (QED) is 0.711. The van der Waals surface area contributed by atoms with Crippen LogP contribution in [-0.2, 0) is 4.79 Å². The van der Waals surface area contributed by atoms with Gasteiger partial charge in [-0.05, 0) is 36.8 Å². The summed E-state index contributed by atoms with van der Waals surface area (Å²) in [5.41, 5.74) is 1.51. The minimum absolute atomic E-state index is 0.0350. The SMILES string of the molecule is Cc1ccc(SCC(=O)NCC(O)c2ccc(OC(F)(F)F)cc2)cc1. The van der Waals surface area contributed by atoms with Crippen molar-refractivity contribution in [2.24, 2.45) is 0 Å². The Morgan fingerprint density at radius 2 is 1.77 bits per heavy atom. The molecule has 2 N–H and O–H groups in total. The van der Waals surface area contributed by atoms with Crippen LogP contribution in [0.25, 0.3) is 0 Å². The van der Waals surface area contributed by atoms with E-state index >= 15 is 0 Å². The fourth-order valence-corrected chi connectivity index (χ4v) is 2.78. The van der Waals surface area contributed by atoms with E-state index in [9.17, 15) is 23.1 Å². The predicted octanol–water partition coefficient (Wildman–Crippen LogP) is 3.84. The third-order valence-corrected chi connectivity index (χ3v) is 4.39. The Hall–Kier alpha value is -2.19. The summed E-state index contributed by atoms with van der Waals surface area (Å²) in [5, 5.41) is 12.6. The molecule has 0 radical (unpaired) electrons. The molecule has 0 aliphatic rings. The molecule has 0 bridgehead atoms. The highest BCUT2D eigenvalue weighted by Crippen LogP contribution is 2.24. The number of carbonyl (C=O) groups is 1. The minimum Gasteiger partial charge on any atom is -0.406 e. The summed E-state index contributed by atoms with van der Waals surface area (Å²) in [4.78, 5) is 12.8. The highest BCUT2D eigenvalue weighted by atomic mass is 32.2. The fourth-order valence-electron chi connectivity index (χ4n) is 2.05. The van der Waals surface area contributed by atoms with Crippen LogP contribution in [0.15, 0.2) is 53.4 Å². The molecule has 2 rings (SSSR count). The van der Waals surface area contributed by atoms with E-state index in [1.54, 1.807) is 0 Å². The smallest absolute Gasteiger partial charge is 0.406 e. The maximum atomic E-state index is 12.1. The number of thioether (sulfide) groups is 1. The first-order valence-electron chi connectivity index (χ1n) is 7.73. The molecule has 8 heteroatoms. The topological polar surface area (TPSA) is 58.6 Å². The summed E-state index contributed by atoms with van der Waals surface area (Å²) in [6.45, 7) is 1.94. The predicted molar refractivity (Wildman–Crippen MR) is 93.0 cm³/mol. The molecule has 0 aliphatic heterocycles. The van der Waals surface area contributed by atoms with Crippen molar-refractivity contribution < 1.29 is 27.8 Å². The molecule has 4 nitrogen and oxygen atoms in total. The molecule has 0 fully saturated rings. The lowest BCUT2D eigenvalue weighted by atomic mass is 10.1. The Labute approximate surface area is 153 Å². The third kappa shape index (κ3) is 6.97. The Bertz CT molecular complexity index is 718. The lowest BCUT2D eigenvalue weighted by Crippen LogP contribution is -2.29. The van der Waals surface area contributed by atoms with Crippen molar-refractivity contribution in [2.45, 2.75) is 24.3 Å². The lowest BCUT2D eigenvalue weighted by molar-refractivity contribution is -0.274. The van der Waals surface area contributed by atoms with Crippen LogP contribution in [0.5, 0.6) is 5.75 Å². The maximum absolute atomic E-state index is 12.1. The molecule has 0 aliphatic carbocycles. The van der Waals surface area contributed by atoms with Crippen LogP contribution in [0.1, 0.15) is 17.2 Å². The van der Waals surface area contributed by atoms with E-state index in [1.807, 2.05) is 31.2 Å². The second-order valence-electron chi connectivity index (χ2n) is 5.54. The second-order valence-corrected chi connectivity index (χ2v) is 6.59. The van der Waals surface area contributed by atoms with Gasteiger partial charge in [0.25, 0.3) is 0 Å². The monoisotopic (exact) mass is 385 g/mol. The molecule has 2 aromatic rings. The molecule has 1 amide bonds. The van der Waals surface area contributed by atoms with Crippen molar-refractivity contribution in [1.82, 2.24) is 5.32 Å². The summed E-state index contributed by atoms with van der Waals surface area (Å²) in [6.07, 6.45) is -5.79. The van der Waals surface area contributed by atoms with Crippen LogP contribution < -0.4 is 10.1 Å². The van der Waals surface area contributed by atoms with E-state index < -0.39 is 12.5 Å². The number of rotatable bonds is 7. The number of alkyl halides is 3. The van der Waals surface area contributed by atoms with E-state index in [4.69, 9.17) is 0 Å². The molecule has 0 spiro atoms.